The highest BCUT2D eigenvalue weighted by atomic mass is 32.1. The number of hydrogen-bond acceptors (Lipinski definition) is 4. The minimum Gasteiger partial charge on any atom is -0.288 e. The van der Waals surface area contributed by atoms with E-state index < -0.39 is 0 Å². The number of halogens is 1. The molecule has 18 heavy (non-hydrogen) atoms. The fraction of sp³-hybridized carbons (Fsp3) is 0.308. The van der Waals surface area contributed by atoms with Crippen molar-refractivity contribution in [3.8, 4) is 0 Å². The minimum absolute atomic E-state index is 0.123. The molecule has 0 bridgehead atoms. The maximum atomic E-state index is 13.5. The highest BCUT2D eigenvalue weighted by molar-refractivity contribution is 7.08. The van der Waals surface area contributed by atoms with E-state index in [1.165, 1.54) is 6.07 Å². The van der Waals surface area contributed by atoms with Gasteiger partial charge in [-0.1, -0.05) is 30.5 Å². The number of aromatic nitrogens is 2. The van der Waals surface area contributed by atoms with Crippen LogP contribution < -0.4 is 0 Å². The smallest absolute Gasteiger partial charge is 0.206 e. The van der Waals surface area contributed by atoms with Crippen LogP contribution in [0.15, 0.2) is 18.2 Å². The number of nitrogens with zero attached hydrogens (tertiary/aromatic N) is 2. The number of ketones is 1. The quantitative estimate of drug-likeness (QED) is 0.798. The van der Waals surface area contributed by atoms with Crippen molar-refractivity contribution in [1.29, 1.82) is 0 Å². The number of carbonyl (C=O) groups is 1. The molecule has 0 radical (unpaired) electrons. The van der Waals surface area contributed by atoms with Crippen LogP contribution in [0.4, 0.5) is 4.39 Å². The number of carbonyl (C=O) groups excluding carboxylic acids is 1. The molecule has 3 nitrogen and oxygen atoms in total. The first-order chi connectivity index (χ1) is 8.50. The van der Waals surface area contributed by atoms with Gasteiger partial charge in [0.2, 0.25) is 5.78 Å². The second-order valence-corrected chi connectivity index (χ2v) is 5.19. The van der Waals surface area contributed by atoms with E-state index in [9.17, 15) is 9.18 Å². The third-order valence-corrected chi connectivity index (χ3v) is 3.44. The van der Waals surface area contributed by atoms with E-state index in [2.05, 4.69) is 9.59 Å². The van der Waals surface area contributed by atoms with Crippen molar-refractivity contribution in [3.63, 3.8) is 0 Å². The molecule has 1 aromatic carbocycles. The molecule has 0 saturated carbocycles. The lowest BCUT2D eigenvalue weighted by Crippen LogP contribution is -2.05. The topological polar surface area (TPSA) is 42.9 Å². The van der Waals surface area contributed by atoms with Crippen molar-refractivity contribution < 1.29 is 9.18 Å². The van der Waals surface area contributed by atoms with Gasteiger partial charge >= 0.3 is 0 Å². The molecule has 2 aromatic rings. The molecule has 2 rings (SSSR count). The fourth-order valence-electron chi connectivity index (χ4n) is 1.60. The van der Waals surface area contributed by atoms with Crippen LogP contribution in [0.25, 0.3) is 0 Å². The van der Waals surface area contributed by atoms with Crippen LogP contribution >= 0.6 is 11.5 Å². The lowest BCUT2D eigenvalue weighted by molar-refractivity contribution is 0.104. The number of aryl methyl sites for hydroxylation is 1. The molecular formula is C13H13FN2OS. The van der Waals surface area contributed by atoms with E-state index in [0.717, 1.165) is 11.5 Å². The first-order valence-electron chi connectivity index (χ1n) is 5.63. The molecule has 0 spiro atoms. The zero-order valence-electron chi connectivity index (χ0n) is 10.4. The highest BCUT2D eigenvalue weighted by Gasteiger charge is 2.20. The van der Waals surface area contributed by atoms with Gasteiger partial charge in [-0.05, 0) is 36.0 Å². The van der Waals surface area contributed by atoms with Gasteiger partial charge in [-0.15, -0.1) is 5.10 Å². The Bertz CT molecular complexity index is 592. The summed E-state index contributed by atoms with van der Waals surface area (Å²) in [6.45, 7) is 5.56. The van der Waals surface area contributed by atoms with Gasteiger partial charge in [-0.3, -0.25) is 4.79 Å². The zero-order chi connectivity index (χ0) is 13.3. The highest BCUT2D eigenvalue weighted by Crippen LogP contribution is 2.23. The van der Waals surface area contributed by atoms with Gasteiger partial charge in [0.1, 0.15) is 10.7 Å². The van der Waals surface area contributed by atoms with E-state index in [-0.39, 0.29) is 17.5 Å². The molecule has 0 aliphatic carbocycles. The summed E-state index contributed by atoms with van der Waals surface area (Å²) in [5, 5.41) is 3.96. The Hall–Kier alpha value is -1.62. The average molecular weight is 264 g/mol. The lowest BCUT2D eigenvalue weighted by atomic mass is 10.0. The van der Waals surface area contributed by atoms with Crippen molar-refractivity contribution in [1.82, 2.24) is 9.59 Å². The second-order valence-electron chi connectivity index (χ2n) is 4.44. The Morgan fingerprint density at radius 1 is 1.39 bits per heavy atom. The average Bonchev–Trinajstić information content (AvgIpc) is 2.81. The third-order valence-electron chi connectivity index (χ3n) is 2.70. The van der Waals surface area contributed by atoms with Crippen LogP contribution in [-0.2, 0) is 0 Å². The summed E-state index contributed by atoms with van der Waals surface area (Å²) >= 11 is 1.06. The summed E-state index contributed by atoms with van der Waals surface area (Å²) < 4.78 is 17.3. The number of benzene rings is 1. The first-order valence-corrected chi connectivity index (χ1v) is 6.41. The lowest BCUT2D eigenvalue weighted by Gasteiger charge is -2.04. The molecule has 1 heterocycles. The van der Waals surface area contributed by atoms with Gasteiger partial charge in [0.05, 0.1) is 5.69 Å². The molecule has 0 amide bonds. The first kappa shape index (κ1) is 12.8. The third kappa shape index (κ3) is 2.31. The normalized spacial score (nSPS) is 10.9. The summed E-state index contributed by atoms with van der Waals surface area (Å²) in [6.07, 6.45) is 0. The summed E-state index contributed by atoms with van der Waals surface area (Å²) in [4.78, 5) is 12.8. The van der Waals surface area contributed by atoms with Gasteiger partial charge in [0, 0.05) is 5.56 Å². The Morgan fingerprint density at radius 3 is 2.72 bits per heavy atom. The van der Waals surface area contributed by atoms with E-state index in [1.54, 1.807) is 19.1 Å². The van der Waals surface area contributed by atoms with E-state index in [0.29, 0.717) is 21.7 Å². The van der Waals surface area contributed by atoms with Crippen molar-refractivity contribution in [2.24, 2.45) is 0 Å². The maximum Gasteiger partial charge on any atom is 0.206 e. The van der Waals surface area contributed by atoms with Gasteiger partial charge in [0.25, 0.3) is 0 Å². The van der Waals surface area contributed by atoms with Gasteiger partial charge < -0.3 is 0 Å². The van der Waals surface area contributed by atoms with Crippen LogP contribution in [0.5, 0.6) is 0 Å². The van der Waals surface area contributed by atoms with Crippen LogP contribution in [0.2, 0.25) is 0 Å². The van der Waals surface area contributed by atoms with Gasteiger partial charge in [-0.25, -0.2) is 4.39 Å². The molecule has 0 atom stereocenters. The van der Waals surface area contributed by atoms with Gasteiger partial charge in [-0.2, -0.15) is 0 Å². The molecule has 5 heteroatoms. The van der Waals surface area contributed by atoms with Crippen molar-refractivity contribution in [2.45, 2.75) is 26.7 Å². The van der Waals surface area contributed by atoms with E-state index in [4.69, 9.17) is 0 Å². The van der Waals surface area contributed by atoms with Crippen LogP contribution in [0, 0.1) is 12.7 Å². The van der Waals surface area contributed by atoms with Crippen LogP contribution in [-0.4, -0.2) is 15.4 Å². The molecule has 0 aliphatic heterocycles. The Kier molecular flexibility index (Phi) is 3.52. The molecule has 0 saturated heterocycles. The summed E-state index contributed by atoms with van der Waals surface area (Å²) in [5.41, 5.74) is 1.54. The maximum absolute atomic E-state index is 13.5. The van der Waals surface area contributed by atoms with Crippen LogP contribution in [0.3, 0.4) is 0 Å². The predicted molar refractivity (Wildman–Crippen MR) is 68.6 cm³/mol. The number of hydrogen-bond donors (Lipinski definition) is 0. The molecule has 0 aliphatic rings. The molecule has 0 N–H and O–H groups in total. The molecule has 94 valence electrons. The summed E-state index contributed by atoms with van der Waals surface area (Å²) in [5.74, 6) is -0.463. The van der Waals surface area contributed by atoms with Crippen molar-refractivity contribution in [3.05, 3.63) is 45.7 Å². The SMILES string of the molecule is Cc1ccc(C(=O)c2snnc2C(C)C)cc1F. The molecular weight excluding hydrogens is 251 g/mol. The van der Waals surface area contributed by atoms with E-state index in [1.807, 2.05) is 13.8 Å². The van der Waals surface area contributed by atoms with Crippen LogP contribution in [0.1, 0.15) is 46.3 Å². The summed E-state index contributed by atoms with van der Waals surface area (Å²) in [7, 11) is 0. The molecule has 0 fully saturated rings. The standard InChI is InChI=1S/C13H13FN2OS/c1-7(2)11-13(18-16-15-11)12(17)9-5-4-8(3)10(14)6-9/h4-7H,1-3H3. The fourth-order valence-corrected chi connectivity index (χ4v) is 2.38. The predicted octanol–water partition coefficient (Wildman–Crippen LogP) is 3.34. The van der Waals surface area contributed by atoms with Gasteiger partial charge in [0.15, 0.2) is 0 Å². The largest absolute Gasteiger partial charge is 0.288 e. The second kappa shape index (κ2) is 4.94. The molecule has 0 unspecified atom stereocenters. The Morgan fingerprint density at radius 2 is 2.11 bits per heavy atom. The Labute approximate surface area is 109 Å². The number of rotatable bonds is 3. The monoisotopic (exact) mass is 264 g/mol. The summed E-state index contributed by atoms with van der Waals surface area (Å²) in [6, 6.07) is 4.50. The minimum atomic E-state index is -0.371. The van der Waals surface area contributed by atoms with Crippen molar-refractivity contribution >= 4 is 17.3 Å². The molecule has 1 aromatic heterocycles. The Balaban J connectivity index is 2.42. The van der Waals surface area contributed by atoms with Crippen molar-refractivity contribution in [2.75, 3.05) is 0 Å². The zero-order valence-corrected chi connectivity index (χ0v) is 11.2. The van der Waals surface area contributed by atoms with E-state index >= 15 is 0 Å².